The number of hydrogen-bond acceptors (Lipinski definition) is 2. The van der Waals surface area contributed by atoms with Crippen LogP contribution in [0.15, 0.2) is 48.5 Å². The summed E-state index contributed by atoms with van der Waals surface area (Å²) in [6.07, 6.45) is 0. The fourth-order valence-corrected chi connectivity index (χ4v) is 2.51. The number of hydrogen-bond donors (Lipinski definition) is 1. The zero-order valence-electron chi connectivity index (χ0n) is 12.2. The SMILES string of the molecule is CC(C)(C(=O)O)n1c(-c2cccc(F)c2)nc2ccccc21. The second-order valence-corrected chi connectivity index (χ2v) is 5.63. The third-order valence-corrected chi connectivity index (χ3v) is 3.73. The fraction of sp³-hybridized carbons (Fsp3) is 0.176. The summed E-state index contributed by atoms with van der Waals surface area (Å²) in [4.78, 5) is 16.2. The smallest absolute Gasteiger partial charge is 0.329 e. The zero-order chi connectivity index (χ0) is 15.9. The molecule has 0 bridgehead atoms. The molecule has 0 fully saturated rings. The number of benzene rings is 2. The van der Waals surface area contributed by atoms with Crippen LogP contribution in [0.2, 0.25) is 0 Å². The number of halogens is 1. The van der Waals surface area contributed by atoms with Gasteiger partial charge in [0, 0.05) is 5.56 Å². The lowest BCUT2D eigenvalue weighted by Gasteiger charge is -2.24. The average molecular weight is 298 g/mol. The highest BCUT2D eigenvalue weighted by atomic mass is 19.1. The molecule has 0 radical (unpaired) electrons. The van der Waals surface area contributed by atoms with Crippen LogP contribution in [0.4, 0.5) is 4.39 Å². The molecule has 0 amide bonds. The van der Waals surface area contributed by atoms with Gasteiger partial charge in [0.2, 0.25) is 0 Å². The molecule has 0 aliphatic heterocycles. The first-order chi connectivity index (χ1) is 10.4. The molecule has 2 aromatic carbocycles. The summed E-state index contributed by atoms with van der Waals surface area (Å²) >= 11 is 0. The molecule has 0 saturated carbocycles. The van der Waals surface area contributed by atoms with Crippen molar-refractivity contribution in [3.63, 3.8) is 0 Å². The lowest BCUT2D eigenvalue weighted by molar-refractivity contribution is -0.145. The summed E-state index contributed by atoms with van der Waals surface area (Å²) in [5, 5.41) is 9.58. The van der Waals surface area contributed by atoms with Gasteiger partial charge in [0.15, 0.2) is 0 Å². The Hall–Kier alpha value is -2.69. The predicted molar refractivity (Wildman–Crippen MR) is 82.1 cm³/mol. The summed E-state index contributed by atoms with van der Waals surface area (Å²) in [5.74, 6) is -0.925. The Labute approximate surface area is 126 Å². The van der Waals surface area contributed by atoms with Gasteiger partial charge in [0.1, 0.15) is 17.2 Å². The Morgan fingerprint density at radius 1 is 1.18 bits per heavy atom. The van der Waals surface area contributed by atoms with Crippen LogP contribution >= 0.6 is 0 Å². The molecule has 0 atom stereocenters. The van der Waals surface area contributed by atoms with E-state index in [1.807, 2.05) is 24.3 Å². The van der Waals surface area contributed by atoms with Crippen molar-refractivity contribution in [1.29, 1.82) is 0 Å². The molecule has 3 aromatic rings. The van der Waals surface area contributed by atoms with Crippen molar-refractivity contribution in [2.45, 2.75) is 19.4 Å². The Bertz CT molecular complexity index is 868. The van der Waals surface area contributed by atoms with Gasteiger partial charge < -0.3 is 9.67 Å². The van der Waals surface area contributed by atoms with Gasteiger partial charge >= 0.3 is 5.97 Å². The summed E-state index contributed by atoms with van der Waals surface area (Å²) in [6.45, 7) is 3.21. The van der Waals surface area contributed by atoms with E-state index in [1.54, 1.807) is 30.5 Å². The van der Waals surface area contributed by atoms with Crippen molar-refractivity contribution in [2.75, 3.05) is 0 Å². The summed E-state index contributed by atoms with van der Waals surface area (Å²) in [5.41, 5.74) is 0.716. The van der Waals surface area contributed by atoms with E-state index in [9.17, 15) is 14.3 Å². The van der Waals surface area contributed by atoms with E-state index >= 15 is 0 Å². The molecule has 0 aliphatic carbocycles. The predicted octanol–water partition coefficient (Wildman–Crippen LogP) is 3.66. The highest BCUT2D eigenvalue weighted by Crippen LogP contribution is 2.31. The van der Waals surface area contributed by atoms with Gasteiger partial charge in [0.05, 0.1) is 11.0 Å². The van der Waals surface area contributed by atoms with Crippen LogP contribution in [0.25, 0.3) is 22.4 Å². The normalized spacial score (nSPS) is 11.8. The molecule has 0 unspecified atom stereocenters. The maximum Gasteiger partial charge on any atom is 0.329 e. The highest BCUT2D eigenvalue weighted by molar-refractivity contribution is 5.86. The summed E-state index contributed by atoms with van der Waals surface area (Å²) in [6, 6.07) is 13.3. The Balaban J connectivity index is 2.37. The van der Waals surface area contributed by atoms with Crippen molar-refractivity contribution < 1.29 is 14.3 Å². The van der Waals surface area contributed by atoms with Crippen molar-refractivity contribution in [2.24, 2.45) is 0 Å². The third kappa shape index (κ3) is 2.15. The zero-order valence-corrected chi connectivity index (χ0v) is 12.2. The van der Waals surface area contributed by atoms with Gasteiger partial charge in [-0.25, -0.2) is 14.2 Å². The first kappa shape index (κ1) is 14.3. The Kier molecular flexibility index (Phi) is 3.20. The van der Waals surface area contributed by atoms with Crippen LogP contribution in [-0.2, 0) is 10.3 Å². The molecular weight excluding hydrogens is 283 g/mol. The van der Waals surface area contributed by atoms with E-state index in [0.29, 0.717) is 22.4 Å². The van der Waals surface area contributed by atoms with E-state index in [0.717, 1.165) is 0 Å². The van der Waals surface area contributed by atoms with Gasteiger partial charge in [-0.3, -0.25) is 0 Å². The van der Waals surface area contributed by atoms with Gasteiger partial charge in [-0.2, -0.15) is 0 Å². The van der Waals surface area contributed by atoms with Crippen molar-refractivity contribution in [3.8, 4) is 11.4 Å². The van der Waals surface area contributed by atoms with Crippen molar-refractivity contribution in [1.82, 2.24) is 9.55 Å². The Morgan fingerprint density at radius 3 is 2.59 bits per heavy atom. The highest BCUT2D eigenvalue weighted by Gasteiger charge is 2.33. The molecule has 1 heterocycles. The largest absolute Gasteiger partial charge is 0.480 e. The maximum atomic E-state index is 13.5. The molecule has 0 aliphatic rings. The van der Waals surface area contributed by atoms with Gasteiger partial charge in [-0.1, -0.05) is 24.3 Å². The Morgan fingerprint density at radius 2 is 1.91 bits per heavy atom. The lowest BCUT2D eigenvalue weighted by Crippen LogP contribution is -2.36. The number of imidazole rings is 1. The third-order valence-electron chi connectivity index (χ3n) is 3.73. The van der Waals surface area contributed by atoms with E-state index in [1.165, 1.54) is 12.1 Å². The molecular formula is C17H15FN2O2. The lowest BCUT2D eigenvalue weighted by atomic mass is 10.0. The van der Waals surface area contributed by atoms with Gasteiger partial charge in [-0.15, -0.1) is 0 Å². The van der Waals surface area contributed by atoms with Crippen LogP contribution in [0.1, 0.15) is 13.8 Å². The number of carboxylic acids is 1. The minimum atomic E-state index is -1.21. The molecule has 4 nitrogen and oxygen atoms in total. The molecule has 1 aromatic heterocycles. The molecule has 0 saturated heterocycles. The van der Waals surface area contributed by atoms with Crippen LogP contribution in [0.3, 0.4) is 0 Å². The van der Waals surface area contributed by atoms with E-state index in [2.05, 4.69) is 4.98 Å². The number of fused-ring (bicyclic) bond motifs is 1. The molecule has 1 N–H and O–H groups in total. The first-order valence-corrected chi connectivity index (χ1v) is 6.88. The van der Waals surface area contributed by atoms with Gasteiger partial charge in [-0.05, 0) is 38.1 Å². The number of aromatic nitrogens is 2. The first-order valence-electron chi connectivity index (χ1n) is 6.88. The van der Waals surface area contributed by atoms with Crippen LogP contribution in [0.5, 0.6) is 0 Å². The molecule has 5 heteroatoms. The number of carbonyl (C=O) groups is 1. The van der Waals surface area contributed by atoms with Crippen LogP contribution < -0.4 is 0 Å². The van der Waals surface area contributed by atoms with Gasteiger partial charge in [0.25, 0.3) is 0 Å². The van der Waals surface area contributed by atoms with Crippen LogP contribution in [-0.4, -0.2) is 20.6 Å². The summed E-state index contributed by atoms with van der Waals surface area (Å²) < 4.78 is 15.2. The molecule has 3 rings (SSSR count). The fourth-order valence-electron chi connectivity index (χ4n) is 2.51. The topological polar surface area (TPSA) is 55.1 Å². The number of para-hydroxylation sites is 2. The quantitative estimate of drug-likeness (QED) is 0.802. The van der Waals surface area contributed by atoms with E-state index in [4.69, 9.17) is 0 Å². The number of nitrogens with zero attached hydrogens (tertiary/aromatic N) is 2. The maximum absolute atomic E-state index is 13.5. The van der Waals surface area contributed by atoms with E-state index < -0.39 is 11.5 Å². The number of carboxylic acid groups (broad SMARTS) is 1. The number of aliphatic carboxylic acids is 1. The van der Waals surface area contributed by atoms with E-state index in [-0.39, 0.29) is 5.82 Å². The minimum absolute atomic E-state index is 0.385. The van der Waals surface area contributed by atoms with Crippen molar-refractivity contribution in [3.05, 3.63) is 54.3 Å². The molecule has 112 valence electrons. The average Bonchev–Trinajstić information content (AvgIpc) is 2.87. The molecule has 22 heavy (non-hydrogen) atoms. The number of rotatable bonds is 3. The van der Waals surface area contributed by atoms with Crippen molar-refractivity contribution >= 4 is 17.0 Å². The monoisotopic (exact) mass is 298 g/mol. The molecule has 0 spiro atoms. The minimum Gasteiger partial charge on any atom is -0.480 e. The summed E-state index contributed by atoms with van der Waals surface area (Å²) in [7, 11) is 0. The second-order valence-electron chi connectivity index (χ2n) is 5.63. The van der Waals surface area contributed by atoms with Crippen LogP contribution in [0, 0.1) is 5.82 Å². The standard InChI is InChI=1S/C17H15FN2O2/c1-17(2,16(21)22)20-14-9-4-3-8-13(14)19-15(20)11-6-5-7-12(18)10-11/h3-10H,1-2H3,(H,21,22). The second kappa shape index (κ2) is 4.94.